The number of aromatic nitrogens is 1. The zero-order valence-electron chi connectivity index (χ0n) is 11.6. The molecule has 0 radical (unpaired) electrons. The molecule has 1 unspecified atom stereocenters. The van der Waals surface area contributed by atoms with E-state index in [-0.39, 0.29) is 18.9 Å². The van der Waals surface area contributed by atoms with Crippen molar-refractivity contribution in [3.63, 3.8) is 0 Å². The Balaban J connectivity index is 2.54. The number of nitrogens with one attached hydrogen (secondary N) is 2. The van der Waals surface area contributed by atoms with Crippen LogP contribution in [0.2, 0.25) is 0 Å². The molecule has 1 rings (SSSR count). The number of urea groups is 1. The second-order valence-corrected chi connectivity index (χ2v) is 4.49. The predicted molar refractivity (Wildman–Crippen MR) is 74.2 cm³/mol. The van der Waals surface area contributed by atoms with E-state index in [2.05, 4.69) is 15.6 Å². The molecule has 8 heteroatoms. The molecule has 21 heavy (non-hydrogen) atoms. The van der Waals surface area contributed by atoms with Gasteiger partial charge >= 0.3 is 12.0 Å². The molecule has 0 saturated heterocycles. The van der Waals surface area contributed by atoms with Gasteiger partial charge in [-0.2, -0.15) is 0 Å². The first-order valence-electron chi connectivity index (χ1n) is 6.39. The summed E-state index contributed by atoms with van der Waals surface area (Å²) in [4.78, 5) is 37.5. The Bertz CT molecular complexity index is 506. The van der Waals surface area contributed by atoms with Crippen LogP contribution in [-0.4, -0.2) is 34.0 Å². The van der Waals surface area contributed by atoms with Crippen molar-refractivity contribution in [3.8, 4) is 0 Å². The molecule has 0 aliphatic carbocycles. The average molecular weight is 294 g/mol. The Morgan fingerprint density at radius 2 is 2.05 bits per heavy atom. The molecule has 0 bridgehead atoms. The minimum atomic E-state index is -1.23. The molecule has 5 N–H and O–H groups in total. The number of hydrogen-bond donors (Lipinski definition) is 4. The van der Waals surface area contributed by atoms with E-state index in [4.69, 9.17) is 10.8 Å². The molecular weight excluding hydrogens is 276 g/mol. The van der Waals surface area contributed by atoms with Crippen molar-refractivity contribution in [2.45, 2.75) is 31.8 Å². The summed E-state index contributed by atoms with van der Waals surface area (Å²) in [5.74, 6) is -1.85. The second-order valence-electron chi connectivity index (χ2n) is 4.49. The molecule has 3 amide bonds. The van der Waals surface area contributed by atoms with E-state index < -0.39 is 23.9 Å². The quantitative estimate of drug-likeness (QED) is 0.568. The Morgan fingerprint density at radius 1 is 1.33 bits per heavy atom. The van der Waals surface area contributed by atoms with Gasteiger partial charge in [-0.1, -0.05) is 6.07 Å². The highest BCUT2D eigenvalue weighted by atomic mass is 16.4. The fourth-order valence-electron chi connectivity index (χ4n) is 1.65. The number of hydrogen-bond acceptors (Lipinski definition) is 4. The summed E-state index contributed by atoms with van der Waals surface area (Å²) in [5, 5.41) is 13.8. The maximum atomic E-state index is 11.8. The molecule has 1 aromatic rings. The standard InChI is InChI=1S/C13H18N4O4/c1-8(9-4-2-3-7-15-9)16-13(21)17-10(12(19)20)5-6-11(14)18/h2-4,7-8,10H,5-6H2,1H3,(H2,14,18)(H,19,20)(H2,16,17,21)/t8?,10-/m0/s1. The SMILES string of the molecule is CC(NC(=O)N[C@@H](CCC(N)=O)C(=O)O)c1ccccn1. The lowest BCUT2D eigenvalue weighted by molar-refractivity contribution is -0.139. The van der Waals surface area contributed by atoms with Gasteiger partial charge in [0, 0.05) is 12.6 Å². The Kier molecular flexibility index (Phi) is 6.12. The van der Waals surface area contributed by atoms with Gasteiger partial charge in [0.25, 0.3) is 0 Å². The third kappa shape index (κ3) is 5.89. The normalized spacial score (nSPS) is 13.0. The van der Waals surface area contributed by atoms with E-state index >= 15 is 0 Å². The molecule has 8 nitrogen and oxygen atoms in total. The van der Waals surface area contributed by atoms with Crippen molar-refractivity contribution < 1.29 is 19.5 Å². The van der Waals surface area contributed by atoms with Crippen molar-refractivity contribution in [1.82, 2.24) is 15.6 Å². The van der Waals surface area contributed by atoms with E-state index in [0.717, 1.165) is 0 Å². The molecule has 0 aromatic carbocycles. The summed E-state index contributed by atoms with van der Waals surface area (Å²) in [5.41, 5.74) is 5.61. The highest BCUT2D eigenvalue weighted by Crippen LogP contribution is 2.07. The van der Waals surface area contributed by atoms with Gasteiger partial charge in [0.2, 0.25) is 5.91 Å². The molecule has 0 fully saturated rings. The third-order valence-electron chi connectivity index (χ3n) is 2.76. The maximum absolute atomic E-state index is 11.8. The number of aliphatic carboxylic acids is 1. The van der Waals surface area contributed by atoms with Crippen LogP contribution >= 0.6 is 0 Å². The number of nitrogens with two attached hydrogens (primary N) is 1. The number of amides is 3. The molecule has 114 valence electrons. The van der Waals surface area contributed by atoms with Crippen molar-refractivity contribution in [3.05, 3.63) is 30.1 Å². The van der Waals surface area contributed by atoms with Gasteiger partial charge in [-0.15, -0.1) is 0 Å². The fourth-order valence-corrected chi connectivity index (χ4v) is 1.65. The third-order valence-corrected chi connectivity index (χ3v) is 2.76. The Labute approximate surface area is 121 Å². The van der Waals surface area contributed by atoms with Gasteiger partial charge in [-0.3, -0.25) is 9.78 Å². The summed E-state index contributed by atoms with van der Waals surface area (Å²) in [6, 6.07) is 3.08. The van der Waals surface area contributed by atoms with Gasteiger partial charge < -0.3 is 21.5 Å². The van der Waals surface area contributed by atoms with E-state index in [1.54, 1.807) is 31.3 Å². The highest BCUT2D eigenvalue weighted by molar-refractivity contribution is 5.83. The van der Waals surface area contributed by atoms with Crippen LogP contribution < -0.4 is 16.4 Å². The first-order chi connectivity index (χ1) is 9.90. The number of nitrogens with zero attached hydrogens (tertiary/aromatic N) is 1. The number of rotatable bonds is 7. The van der Waals surface area contributed by atoms with Crippen molar-refractivity contribution in [2.75, 3.05) is 0 Å². The molecule has 1 heterocycles. The van der Waals surface area contributed by atoms with Crippen LogP contribution in [0.3, 0.4) is 0 Å². The molecule has 0 spiro atoms. The summed E-state index contributed by atoms with van der Waals surface area (Å²) in [7, 11) is 0. The number of carbonyl (C=O) groups excluding carboxylic acids is 2. The molecule has 1 aromatic heterocycles. The first-order valence-corrected chi connectivity index (χ1v) is 6.39. The van der Waals surface area contributed by atoms with Crippen molar-refractivity contribution >= 4 is 17.9 Å². The van der Waals surface area contributed by atoms with E-state index in [9.17, 15) is 14.4 Å². The number of primary amides is 1. The highest BCUT2D eigenvalue weighted by Gasteiger charge is 2.21. The lowest BCUT2D eigenvalue weighted by Crippen LogP contribution is -2.47. The monoisotopic (exact) mass is 294 g/mol. The van der Waals surface area contributed by atoms with Gasteiger partial charge in [-0.05, 0) is 25.5 Å². The zero-order valence-corrected chi connectivity index (χ0v) is 11.6. The Hall–Kier alpha value is -2.64. The first kappa shape index (κ1) is 16.4. The molecular formula is C13H18N4O4. The number of carbonyl (C=O) groups is 3. The van der Waals surface area contributed by atoms with E-state index in [1.165, 1.54) is 0 Å². The van der Waals surface area contributed by atoms with Crippen LogP contribution in [-0.2, 0) is 9.59 Å². The van der Waals surface area contributed by atoms with Gasteiger partial charge in [0.1, 0.15) is 6.04 Å². The topological polar surface area (TPSA) is 134 Å². The van der Waals surface area contributed by atoms with E-state index in [0.29, 0.717) is 5.69 Å². The van der Waals surface area contributed by atoms with Crippen LogP contribution in [0.1, 0.15) is 31.5 Å². The summed E-state index contributed by atoms with van der Waals surface area (Å²) in [6.07, 6.45) is 1.42. The minimum absolute atomic E-state index is 0.0595. The smallest absolute Gasteiger partial charge is 0.326 e. The molecule has 0 aliphatic rings. The van der Waals surface area contributed by atoms with Gasteiger partial charge in [0.05, 0.1) is 11.7 Å². The lowest BCUT2D eigenvalue weighted by atomic mass is 10.1. The fraction of sp³-hybridized carbons (Fsp3) is 0.385. The summed E-state index contributed by atoms with van der Waals surface area (Å²) < 4.78 is 0. The van der Waals surface area contributed by atoms with Gasteiger partial charge in [-0.25, -0.2) is 9.59 Å². The maximum Gasteiger partial charge on any atom is 0.326 e. The number of pyridine rings is 1. The van der Waals surface area contributed by atoms with Gasteiger partial charge in [0.15, 0.2) is 0 Å². The van der Waals surface area contributed by atoms with Crippen LogP contribution in [0, 0.1) is 0 Å². The zero-order chi connectivity index (χ0) is 15.8. The Morgan fingerprint density at radius 3 is 2.57 bits per heavy atom. The van der Waals surface area contributed by atoms with Crippen molar-refractivity contribution in [2.24, 2.45) is 5.73 Å². The van der Waals surface area contributed by atoms with Crippen LogP contribution in [0.5, 0.6) is 0 Å². The van der Waals surface area contributed by atoms with Crippen LogP contribution in [0.15, 0.2) is 24.4 Å². The summed E-state index contributed by atoms with van der Waals surface area (Å²) >= 11 is 0. The second kappa shape index (κ2) is 7.83. The van der Waals surface area contributed by atoms with Crippen molar-refractivity contribution in [1.29, 1.82) is 0 Å². The minimum Gasteiger partial charge on any atom is -0.480 e. The largest absolute Gasteiger partial charge is 0.480 e. The summed E-state index contributed by atoms with van der Waals surface area (Å²) in [6.45, 7) is 1.72. The number of carboxylic acid groups (broad SMARTS) is 1. The lowest BCUT2D eigenvalue weighted by Gasteiger charge is -2.17. The van der Waals surface area contributed by atoms with Crippen LogP contribution in [0.4, 0.5) is 4.79 Å². The van der Waals surface area contributed by atoms with Crippen LogP contribution in [0.25, 0.3) is 0 Å². The molecule has 0 aliphatic heterocycles. The van der Waals surface area contributed by atoms with E-state index in [1.807, 2.05) is 0 Å². The molecule has 2 atom stereocenters. The predicted octanol–water partition coefficient (Wildman–Crippen LogP) is 0.161. The number of carboxylic acids is 1. The average Bonchev–Trinajstić information content (AvgIpc) is 2.43. The molecule has 0 saturated carbocycles.